The van der Waals surface area contributed by atoms with Gasteiger partial charge in [0.15, 0.2) is 0 Å². The molecule has 0 saturated carbocycles. The molecular formula is C8H15IN2. The van der Waals surface area contributed by atoms with Crippen LogP contribution >= 0.6 is 22.9 Å². The summed E-state index contributed by atoms with van der Waals surface area (Å²) < 4.78 is 2.44. The minimum atomic E-state index is 0.847. The van der Waals surface area contributed by atoms with Crippen molar-refractivity contribution in [1.29, 1.82) is 0 Å². The predicted molar refractivity (Wildman–Crippen MR) is 54.8 cm³/mol. The van der Waals surface area contributed by atoms with Crippen molar-refractivity contribution < 1.29 is 0 Å². The van der Waals surface area contributed by atoms with E-state index in [9.17, 15) is 0 Å². The lowest BCUT2D eigenvalue weighted by molar-refractivity contribution is 0.250. The van der Waals surface area contributed by atoms with Crippen molar-refractivity contribution in [2.24, 2.45) is 0 Å². The molecule has 2 aliphatic rings. The molecule has 2 bridgehead atoms. The first kappa shape index (κ1) is 8.26. The molecule has 11 heavy (non-hydrogen) atoms. The molecule has 0 radical (unpaired) electrons. The smallest absolute Gasteiger partial charge is 0.0237 e. The van der Waals surface area contributed by atoms with Crippen molar-refractivity contribution in [1.82, 2.24) is 8.01 Å². The molecule has 2 aliphatic heterocycles. The van der Waals surface area contributed by atoms with Crippen LogP contribution in [0.4, 0.5) is 0 Å². The van der Waals surface area contributed by atoms with Gasteiger partial charge >= 0.3 is 0 Å². The third kappa shape index (κ3) is 1.55. The molecule has 0 aromatic heterocycles. The van der Waals surface area contributed by atoms with Crippen LogP contribution in [0.25, 0.3) is 0 Å². The zero-order chi connectivity index (χ0) is 7.84. The molecule has 3 heteroatoms. The summed E-state index contributed by atoms with van der Waals surface area (Å²) in [5, 5.41) is 0. The van der Waals surface area contributed by atoms with Crippen molar-refractivity contribution in [3.05, 3.63) is 0 Å². The van der Waals surface area contributed by atoms with E-state index in [1.54, 1.807) is 0 Å². The van der Waals surface area contributed by atoms with Crippen molar-refractivity contribution in [3.63, 3.8) is 0 Å². The van der Waals surface area contributed by atoms with E-state index in [1.807, 2.05) is 0 Å². The van der Waals surface area contributed by atoms with E-state index in [0.29, 0.717) is 0 Å². The van der Waals surface area contributed by atoms with E-state index in [1.165, 1.54) is 32.4 Å². The molecule has 2 fully saturated rings. The molecule has 0 aromatic rings. The Morgan fingerprint density at radius 1 is 1.18 bits per heavy atom. The van der Waals surface area contributed by atoms with Crippen molar-refractivity contribution >= 4 is 22.9 Å². The molecule has 2 atom stereocenters. The van der Waals surface area contributed by atoms with Gasteiger partial charge in [-0.1, -0.05) is 0 Å². The van der Waals surface area contributed by atoms with Gasteiger partial charge < -0.3 is 0 Å². The molecule has 2 rings (SSSR count). The predicted octanol–water partition coefficient (Wildman–Crippen LogP) is 1.50. The summed E-state index contributed by atoms with van der Waals surface area (Å²) in [6, 6.07) is 1.74. The first-order chi connectivity index (χ1) is 5.27. The summed E-state index contributed by atoms with van der Waals surface area (Å²) in [6.07, 6.45) is 4.22. The molecule has 0 amide bonds. The Labute approximate surface area is 82.4 Å². The molecule has 2 saturated heterocycles. The number of fused-ring (bicyclic) bond motifs is 2. The van der Waals surface area contributed by atoms with Gasteiger partial charge in [0.05, 0.1) is 0 Å². The summed E-state index contributed by atoms with van der Waals surface area (Å²) in [7, 11) is 2.29. The van der Waals surface area contributed by atoms with Crippen LogP contribution in [0.3, 0.4) is 0 Å². The van der Waals surface area contributed by atoms with Gasteiger partial charge in [0.2, 0.25) is 0 Å². The highest BCUT2D eigenvalue weighted by Gasteiger charge is 2.33. The average Bonchev–Trinajstić information content (AvgIpc) is 2.20. The zero-order valence-corrected chi connectivity index (χ0v) is 9.12. The Hall–Kier alpha value is 0.650. The first-order valence-electron chi connectivity index (χ1n) is 4.40. The van der Waals surface area contributed by atoms with Crippen LogP contribution in [-0.2, 0) is 0 Å². The summed E-state index contributed by atoms with van der Waals surface area (Å²) in [4.78, 5) is 2.58. The quantitative estimate of drug-likeness (QED) is 0.484. The number of hydrogen-bond donors (Lipinski definition) is 0. The van der Waals surface area contributed by atoms with E-state index in [-0.39, 0.29) is 0 Å². The van der Waals surface area contributed by atoms with Crippen LogP contribution in [-0.4, -0.2) is 40.2 Å². The molecule has 2 nitrogen and oxygen atoms in total. The van der Waals surface area contributed by atoms with Crippen LogP contribution < -0.4 is 0 Å². The maximum atomic E-state index is 2.58. The molecule has 2 heterocycles. The van der Waals surface area contributed by atoms with E-state index in [2.05, 4.69) is 37.9 Å². The Morgan fingerprint density at radius 2 is 1.91 bits per heavy atom. The third-order valence-corrected chi connectivity index (χ3v) is 3.98. The van der Waals surface area contributed by atoms with Gasteiger partial charge in [-0.25, -0.2) is 3.11 Å². The van der Waals surface area contributed by atoms with Gasteiger partial charge in [0, 0.05) is 48.0 Å². The van der Waals surface area contributed by atoms with Crippen LogP contribution in [0.2, 0.25) is 0 Å². The maximum Gasteiger partial charge on any atom is 0.0237 e. The summed E-state index contributed by atoms with van der Waals surface area (Å²) >= 11 is 2.46. The lowest BCUT2D eigenvalue weighted by atomic mass is 10.1. The Morgan fingerprint density at radius 3 is 2.73 bits per heavy atom. The fourth-order valence-corrected chi connectivity index (χ4v) is 3.00. The standard InChI is InChI=1S/C8H15IN2/c1-10-7-2-3-8(10)6-11(9)5-4-7/h7-8H,2-6H2,1H3. The average molecular weight is 266 g/mol. The summed E-state index contributed by atoms with van der Waals surface area (Å²) in [5.74, 6) is 0. The highest BCUT2D eigenvalue weighted by atomic mass is 127. The first-order valence-corrected chi connectivity index (χ1v) is 5.36. The maximum absolute atomic E-state index is 2.58. The van der Waals surface area contributed by atoms with E-state index >= 15 is 0 Å². The highest BCUT2D eigenvalue weighted by Crippen LogP contribution is 2.29. The van der Waals surface area contributed by atoms with Gasteiger partial charge in [-0.2, -0.15) is 0 Å². The third-order valence-electron chi connectivity index (χ3n) is 3.10. The van der Waals surface area contributed by atoms with E-state index in [0.717, 1.165) is 12.1 Å². The van der Waals surface area contributed by atoms with Crippen LogP contribution in [0.1, 0.15) is 19.3 Å². The lowest BCUT2D eigenvalue weighted by Gasteiger charge is -2.22. The molecule has 0 aliphatic carbocycles. The fraction of sp³-hybridized carbons (Fsp3) is 1.00. The number of likely N-dealkylation sites (N-methyl/N-ethyl adjacent to an activating group) is 1. The lowest BCUT2D eigenvalue weighted by Crippen LogP contribution is -2.33. The van der Waals surface area contributed by atoms with Gasteiger partial charge in [-0.15, -0.1) is 0 Å². The Kier molecular flexibility index (Phi) is 2.39. The van der Waals surface area contributed by atoms with Crippen LogP contribution in [0, 0.1) is 0 Å². The van der Waals surface area contributed by atoms with Crippen molar-refractivity contribution in [2.45, 2.75) is 31.3 Å². The topological polar surface area (TPSA) is 6.48 Å². The molecule has 0 aromatic carbocycles. The molecule has 0 N–H and O–H groups in total. The van der Waals surface area contributed by atoms with Crippen LogP contribution in [0.15, 0.2) is 0 Å². The summed E-state index contributed by atoms with van der Waals surface area (Å²) in [5.41, 5.74) is 0. The fourth-order valence-electron chi connectivity index (χ4n) is 2.27. The number of halogens is 1. The molecule has 0 spiro atoms. The SMILES string of the molecule is CN1C2CCC1CN(I)CC2. The molecular weight excluding hydrogens is 251 g/mol. The summed E-state index contributed by atoms with van der Waals surface area (Å²) in [6.45, 7) is 2.56. The minimum Gasteiger partial charge on any atom is -0.299 e. The largest absolute Gasteiger partial charge is 0.299 e. The Balaban J connectivity index is 2.07. The van der Waals surface area contributed by atoms with Crippen LogP contribution in [0.5, 0.6) is 0 Å². The monoisotopic (exact) mass is 266 g/mol. The van der Waals surface area contributed by atoms with Gasteiger partial charge in [0.1, 0.15) is 0 Å². The van der Waals surface area contributed by atoms with Crippen molar-refractivity contribution in [2.75, 3.05) is 20.1 Å². The number of rotatable bonds is 0. The van der Waals surface area contributed by atoms with Crippen molar-refractivity contribution in [3.8, 4) is 0 Å². The number of nitrogens with zero attached hydrogens (tertiary/aromatic N) is 2. The second-order valence-corrected chi connectivity index (χ2v) is 5.07. The highest BCUT2D eigenvalue weighted by molar-refractivity contribution is 14.1. The minimum absolute atomic E-state index is 0.847. The normalized spacial score (nSPS) is 40.9. The van der Waals surface area contributed by atoms with E-state index < -0.39 is 0 Å². The van der Waals surface area contributed by atoms with E-state index in [4.69, 9.17) is 0 Å². The van der Waals surface area contributed by atoms with Gasteiger partial charge in [0.25, 0.3) is 0 Å². The Bertz CT molecular complexity index is 151. The molecule has 64 valence electrons. The second-order valence-electron chi connectivity index (χ2n) is 3.71. The zero-order valence-electron chi connectivity index (χ0n) is 6.96. The van der Waals surface area contributed by atoms with Gasteiger partial charge in [-0.05, 0) is 26.3 Å². The second kappa shape index (κ2) is 3.18. The van der Waals surface area contributed by atoms with Gasteiger partial charge in [-0.3, -0.25) is 4.90 Å². The number of hydrogen-bond acceptors (Lipinski definition) is 2. The molecule has 2 unspecified atom stereocenters.